The molecule has 1 nitrogen and oxygen atoms in total. The van der Waals surface area contributed by atoms with Crippen molar-refractivity contribution in [3.63, 3.8) is 0 Å². The molecule has 4 aromatic rings. The van der Waals surface area contributed by atoms with E-state index in [-0.39, 0.29) is 23.1 Å². The summed E-state index contributed by atoms with van der Waals surface area (Å²) in [5, 5.41) is 0.590. The van der Waals surface area contributed by atoms with Crippen LogP contribution in [0.3, 0.4) is 0 Å². The quantitative estimate of drug-likeness (QED) is 0.245. The summed E-state index contributed by atoms with van der Waals surface area (Å²) in [6.45, 7) is 0.0594. The van der Waals surface area contributed by atoms with Gasteiger partial charge in [-0.1, -0.05) is 35.8 Å². The van der Waals surface area contributed by atoms with Gasteiger partial charge >= 0.3 is 0 Å². The second-order valence-electron chi connectivity index (χ2n) is 7.36. The van der Waals surface area contributed by atoms with Gasteiger partial charge in [0.1, 0.15) is 17.5 Å². The number of ether oxygens (including phenoxy) is 1. The van der Waals surface area contributed by atoms with Crippen molar-refractivity contribution >= 4 is 10.8 Å². The van der Waals surface area contributed by atoms with Gasteiger partial charge in [0.2, 0.25) is 0 Å². The third-order valence-corrected chi connectivity index (χ3v) is 4.96. The zero-order valence-electron chi connectivity index (χ0n) is 17.8. The number of methoxy groups -OCH3 is 1. The Labute approximate surface area is 192 Å². The molecule has 0 aliphatic carbocycles. The van der Waals surface area contributed by atoms with E-state index in [0.29, 0.717) is 16.5 Å². The van der Waals surface area contributed by atoms with Gasteiger partial charge in [0.15, 0.2) is 11.6 Å². The van der Waals surface area contributed by atoms with Gasteiger partial charge in [0.25, 0.3) is 0 Å². The minimum absolute atomic E-state index is 0.0594. The Bertz CT molecular complexity index is 1510. The largest absolute Gasteiger partial charge is 0.380 e. The summed E-state index contributed by atoms with van der Waals surface area (Å²) in [6, 6.07) is 13.2. The molecule has 4 rings (SSSR count). The first-order chi connectivity index (χ1) is 16.4. The van der Waals surface area contributed by atoms with Gasteiger partial charge in [0.05, 0.1) is 17.7 Å². The lowest BCUT2D eigenvalue weighted by Gasteiger charge is -2.03. The molecule has 0 heterocycles. The van der Waals surface area contributed by atoms with Crippen LogP contribution >= 0.6 is 0 Å². The Morgan fingerprint density at radius 2 is 1.32 bits per heavy atom. The van der Waals surface area contributed by atoms with E-state index >= 15 is 0 Å². The fourth-order valence-electron chi connectivity index (χ4n) is 3.31. The Hall–Kier alpha value is -4.13. The summed E-state index contributed by atoms with van der Waals surface area (Å²) < 4.78 is 74.8. The van der Waals surface area contributed by atoms with Crippen LogP contribution < -0.4 is 0 Å². The molecule has 0 saturated carbocycles. The average molecular weight is 462 g/mol. The minimum atomic E-state index is -0.940. The lowest BCUT2D eigenvalue weighted by Crippen LogP contribution is -1.96. The summed E-state index contributed by atoms with van der Waals surface area (Å²) in [5.41, 5.74) is 0.699. The van der Waals surface area contributed by atoms with Crippen LogP contribution in [0.1, 0.15) is 27.8 Å². The molecular weight excluding hydrogens is 447 g/mol. The molecule has 168 valence electrons. The highest BCUT2D eigenvalue weighted by Gasteiger charge is 2.10. The van der Waals surface area contributed by atoms with Gasteiger partial charge in [-0.25, -0.2) is 22.0 Å². The van der Waals surface area contributed by atoms with Gasteiger partial charge in [-0.2, -0.15) is 0 Å². The second kappa shape index (κ2) is 9.79. The van der Waals surface area contributed by atoms with E-state index in [1.807, 2.05) is 0 Å². The molecular formula is C28H15F5O. The van der Waals surface area contributed by atoms with E-state index in [1.165, 1.54) is 37.4 Å². The summed E-state index contributed by atoms with van der Waals surface area (Å²) >= 11 is 0. The third-order valence-electron chi connectivity index (χ3n) is 4.96. The monoisotopic (exact) mass is 462 g/mol. The topological polar surface area (TPSA) is 9.23 Å². The van der Waals surface area contributed by atoms with Crippen molar-refractivity contribution in [3.8, 4) is 23.7 Å². The number of rotatable bonds is 2. The zero-order chi connectivity index (χ0) is 24.2. The van der Waals surface area contributed by atoms with Crippen LogP contribution in [0.15, 0.2) is 60.7 Å². The summed E-state index contributed by atoms with van der Waals surface area (Å²) in [7, 11) is 1.41. The minimum Gasteiger partial charge on any atom is -0.380 e. The summed E-state index contributed by atoms with van der Waals surface area (Å²) in [4.78, 5) is 0. The van der Waals surface area contributed by atoms with Gasteiger partial charge in [-0.15, -0.1) is 0 Å². The third kappa shape index (κ3) is 4.93. The predicted octanol–water partition coefficient (Wildman–Crippen LogP) is 6.48. The second-order valence-corrected chi connectivity index (χ2v) is 7.36. The van der Waals surface area contributed by atoms with E-state index in [4.69, 9.17) is 4.74 Å². The van der Waals surface area contributed by atoms with E-state index in [0.717, 1.165) is 24.3 Å². The molecule has 0 aliphatic heterocycles. The van der Waals surface area contributed by atoms with Crippen molar-refractivity contribution in [3.05, 3.63) is 118 Å². The van der Waals surface area contributed by atoms with Crippen LogP contribution in [0.25, 0.3) is 10.8 Å². The van der Waals surface area contributed by atoms with Crippen molar-refractivity contribution in [2.75, 3.05) is 7.11 Å². The molecule has 4 aromatic carbocycles. The Morgan fingerprint density at radius 1 is 0.647 bits per heavy atom. The predicted molar refractivity (Wildman–Crippen MR) is 119 cm³/mol. The Balaban J connectivity index is 1.58. The Morgan fingerprint density at radius 3 is 2.03 bits per heavy atom. The molecule has 0 radical (unpaired) electrons. The maximum atomic E-state index is 14.5. The van der Waals surface area contributed by atoms with Crippen molar-refractivity contribution in [2.24, 2.45) is 0 Å². The molecule has 0 bridgehead atoms. The Kier molecular flexibility index (Phi) is 6.63. The molecule has 0 atom stereocenters. The van der Waals surface area contributed by atoms with Gasteiger partial charge in [-0.05, 0) is 59.5 Å². The number of hydrogen-bond donors (Lipinski definition) is 0. The molecule has 0 amide bonds. The standard InChI is InChI=1S/C28H15F5O/c1-34-16-19-14-26(31)23(27(32)15-19)10-5-18-3-7-20(25(30)13-18)6-2-17-4-9-22-21(12-17)8-11-24(29)28(22)33/h3-4,7-9,11-15H,16H2,1H3. The van der Waals surface area contributed by atoms with E-state index < -0.39 is 34.6 Å². The number of fused-ring (bicyclic) bond motifs is 1. The number of hydrogen-bond acceptors (Lipinski definition) is 1. The molecule has 0 N–H and O–H groups in total. The molecule has 0 aliphatic rings. The average Bonchev–Trinajstić information content (AvgIpc) is 2.80. The van der Waals surface area contributed by atoms with Crippen LogP contribution in [0.2, 0.25) is 0 Å². The van der Waals surface area contributed by atoms with Gasteiger partial charge in [0, 0.05) is 23.6 Å². The number of halogens is 5. The van der Waals surface area contributed by atoms with Crippen molar-refractivity contribution in [1.29, 1.82) is 0 Å². The summed E-state index contributed by atoms with van der Waals surface area (Å²) in [6.07, 6.45) is 0. The first kappa shape index (κ1) is 23.0. The highest BCUT2D eigenvalue weighted by Crippen LogP contribution is 2.21. The molecule has 0 fully saturated rings. The molecule has 0 unspecified atom stereocenters. The van der Waals surface area contributed by atoms with Crippen LogP contribution in [-0.2, 0) is 11.3 Å². The van der Waals surface area contributed by atoms with Crippen molar-refractivity contribution in [1.82, 2.24) is 0 Å². The van der Waals surface area contributed by atoms with Crippen LogP contribution in [0, 0.1) is 52.8 Å². The zero-order valence-corrected chi connectivity index (χ0v) is 17.8. The lowest BCUT2D eigenvalue weighted by atomic mass is 10.1. The fourth-order valence-corrected chi connectivity index (χ4v) is 3.31. The van der Waals surface area contributed by atoms with E-state index in [2.05, 4.69) is 23.7 Å². The SMILES string of the molecule is COCc1cc(F)c(C#Cc2ccc(C#Cc3ccc4c(F)c(F)ccc4c3)c(F)c2)c(F)c1. The maximum Gasteiger partial charge on any atom is 0.166 e. The van der Waals surface area contributed by atoms with E-state index in [9.17, 15) is 22.0 Å². The van der Waals surface area contributed by atoms with Crippen LogP contribution in [-0.4, -0.2) is 7.11 Å². The van der Waals surface area contributed by atoms with Crippen LogP contribution in [0.4, 0.5) is 22.0 Å². The number of benzene rings is 4. The van der Waals surface area contributed by atoms with E-state index in [1.54, 1.807) is 6.07 Å². The molecule has 34 heavy (non-hydrogen) atoms. The van der Waals surface area contributed by atoms with Gasteiger partial charge in [-0.3, -0.25) is 0 Å². The normalized spacial score (nSPS) is 10.4. The smallest absolute Gasteiger partial charge is 0.166 e. The van der Waals surface area contributed by atoms with Crippen LogP contribution in [0.5, 0.6) is 0 Å². The van der Waals surface area contributed by atoms with Gasteiger partial charge < -0.3 is 4.74 Å². The van der Waals surface area contributed by atoms with Crippen molar-refractivity contribution < 1.29 is 26.7 Å². The molecule has 0 aromatic heterocycles. The highest BCUT2D eigenvalue weighted by molar-refractivity contribution is 5.84. The molecule has 0 saturated heterocycles. The highest BCUT2D eigenvalue weighted by atomic mass is 19.2. The first-order valence-corrected chi connectivity index (χ1v) is 10.0. The summed E-state index contributed by atoms with van der Waals surface area (Å²) in [5.74, 6) is 6.21. The maximum absolute atomic E-state index is 14.5. The fraction of sp³-hybridized carbons (Fsp3) is 0.0714. The molecule has 0 spiro atoms. The lowest BCUT2D eigenvalue weighted by molar-refractivity contribution is 0.184. The van der Waals surface area contributed by atoms with Crippen molar-refractivity contribution in [2.45, 2.75) is 6.61 Å². The molecule has 6 heteroatoms. The first-order valence-electron chi connectivity index (χ1n) is 10.0.